The number of likely N-dealkylation sites (tertiary alicyclic amines) is 1. The third-order valence-electron chi connectivity index (χ3n) is 4.05. The van der Waals surface area contributed by atoms with Crippen LogP contribution >= 0.6 is 0 Å². The van der Waals surface area contributed by atoms with Crippen LogP contribution in [-0.4, -0.2) is 34.0 Å². The van der Waals surface area contributed by atoms with E-state index in [-0.39, 0.29) is 11.8 Å². The zero-order chi connectivity index (χ0) is 14.8. The van der Waals surface area contributed by atoms with E-state index in [9.17, 15) is 4.79 Å². The molecule has 1 aromatic carbocycles. The fraction of sp³-hybridized carbons (Fsp3) is 0.438. The van der Waals surface area contributed by atoms with Crippen molar-refractivity contribution in [1.82, 2.24) is 15.0 Å². The molecule has 0 atom stereocenters. The van der Waals surface area contributed by atoms with Gasteiger partial charge in [0.2, 0.25) is 5.89 Å². The lowest BCUT2D eigenvalue weighted by atomic mass is 9.96. The summed E-state index contributed by atoms with van der Waals surface area (Å²) in [5.41, 5.74) is 1.82. The Hall–Kier alpha value is -2.17. The van der Waals surface area contributed by atoms with Crippen molar-refractivity contribution in [2.24, 2.45) is 0 Å². The van der Waals surface area contributed by atoms with Crippen molar-refractivity contribution in [3.05, 3.63) is 47.1 Å². The van der Waals surface area contributed by atoms with E-state index in [2.05, 4.69) is 10.1 Å². The van der Waals surface area contributed by atoms with E-state index in [0.717, 1.165) is 37.1 Å². The first-order valence-corrected chi connectivity index (χ1v) is 7.30. The normalized spacial score (nSPS) is 16.2. The molecule has 0 radical (unpaired) electrons. The number of hydrogen-bond donors (Lipinski definition) is 0. The zero-order valence-corrected chi connectivity index (χ0v) is 12.4. The van der Waals surface area contributed by atoms with Gasteiger partial charge in [-0.3, -0.25) is 4.79 Å². The molecule has 21 heavy (non-hydrogen) atoms. The van der Waals surface area contributed by atoms with E-state index in [1.807, 2.05) is 43.0 Å². The smallest absolute Gasteiger partial charge is 0.254 e. The first kappa shape index (κ1) is 13.8. The van der Waals surface area contributed by atoms with Crippen molar-refractivity contribution in [1.29, 1.82) is 0 Å². The van der Waals surface area contributed by atoms with Gasteiger partial charge >= 0.3 is 0 Å². The van der Waals surface area contributed by atoms with Crippen LogP contribution in [0.1, 0.15) is 46.4 Å². The number of hydrogen-bond acceptors (Lipinski definition) is 4. The minimum absolute atomic E-state index is 0.119. The Morgan fingerprint density at radius 2 is 1.95 bits per heavy atom. The van der Waals surface area contributed by atoms with Gasteiger partial charge in [-0.05, 0) is 38.3 Å². The number of benzene rings is 1. The van der Waals surface area contributed by atoms with Gasteiger partial charge in [-0.25, -0.2) is 0 Å². The predicted molar refractivity (Wildman–Crippen MR) is 78.1 cm³/mol. The lowest BCUT2D eigenvalue weighted by Gasteiger charge is -2.30. The standard InChI is InChI=1S/C16H19N3O2/c1-11-5-3-4-6-14(11)16(20)19-9-7-13(8-10-19)15-17-12(2)18-21-15/h3-6,13H,7-10H2,1-2H3. The van der Waals surface area contributed by atoms with Crippen LogP contribution < -0.4 is 0 Å². The van der Waals surface area contributed by atoms with Crippen molar-refractivity contribution in [2.75, 3.05) is 13.1 Å². The Morgan fingerprint density at radius 3 is 2.57 bits per heavy atom. The van der Waals surface area contributed by atoms with Gasteiger partial charge in [-0.1, -0.05) is 23.4 Å². The number of piperidine rings is 1. The first-order chi connectivity index (χ1) is 10.1. The fourth-order valence-electron chi connectivity index (χ4n) is 2.79. The maximum absolute atomic E-state index is 12.5. The molecule has 1 fully saturated rings. The summed E-state index contributed by atoms with van der Waals surface area (Å²) in [7, 11) is 0. The summed E-state index contributed by atoms with van der Waals surface area (Å²) >= 11 is 0. The van der Waals surface area contributed by atoms with Gasteiger partial charge in [0, 0.05) is 24.6 Å². The lowest BCUT2D eigenvalue weighted by molar-refractivity contribution is 0.0704. The second-order valence-corrected chi connectivity index (χ2v) is 5.56. The second-order valence-electron chi connectivity index (χ2n) is 5.56. The molecule has 110 valence electrons. The zero-order valence-electron chi connectivity index (χ0n) is 12.4. The third kappa shape index (κ3) is 2.82. The van der Waals surface area contributed by atoms with Gasteiger partial charge in [-0.2, -0.15) is 4.98 Å². The molecule has 1 aliphatic rings. The Bertz CT molecular complexity index is 642. The molecule has 1 amide bonds. The van der Waals surface area contributed by atoms with Gasteiger partial charge in [0.1, 0.15) is 0 Å². The number of carbonyl (C=O) groups is 1. The lowest BCUT2D eigenvalue weighted by Crippen LogP contribution is -2.38. The average molecular weight is 285 g/mol. The number of aryl methyl sites for hydroxylation is 2. The quantitative estimate of drug-likeness (QED) is 0.851. The summed E-state index contributed by atoms with van der Waals surface area (Å²) in [5, 5.41) is 3.84. The summed E-state index contributed by atoms with van der Waals surface area (Å²) in [6, 6.07) is 7.73. The van der Waals surface area contributed by atoms with Crippen LogP contribution in [0.3, 0.4) is 0 Å². The van der Waals surface area contributed by atoms with E-state index in [4.69, 9.17) is 4.52 Å². The molecule has 1 saturated heterocycles. The van der Waals surface area contributed by atoms with Crippen LogP contribution in [0.15, 0.2) is 28.8 Å². The van der Waals surface area contributed by atoms with Crippen LogP contribution in [-0.2, 0) is 0 Å². The molecule has 1 aromatic heterocycles. The summed E-state index contributed by atoms with van der Waals surface area (Å²) in [6.45, 7) is 5.27. The molecule has 0 aliphatic carbocycles. The molecule has 0 saturated carbocycles. The molecule has 5 nitrogen and oxygen atoms in total. The number of carbonyl (C=O) groups excluding carboxylic acids is 1. The van der Waals surface area contributed by atoms with Crippen molar-refractivity contribution in [3.8, 4) is 0 Å². The molecule has 0 spiro atoms. The summed E-state index contributed by atoms with van der Waals surface area (Å²) in [5.74, 6) is 1.76. The number of aromatic nitrogens is 2. The van der Waals surface area contributed by atoms with Crippen LogP contribution in [0.4, 0.5) is 0 Å². The molecule has 5 heteroatoms. The highest BCUT2D eigenvalue weighted by Gasteiger charge is 2.28. The SMILES string of the molecule is Cc1noc(C2CCN(C(=O)c3ccccc3C)CC2)n1. The van der Waals surface area contributed by atoms with E-state index in [1.54, 1.807) is 0 Å². The fourth-order valence-corrected chi connectivity index (χ4v) is 2.79. The Balaban J connectivity index is 1.66. The molecule has 3 rings (SSSR count). The Kier molecular flexibility index (Phi) is 3.73. The number of rotatable bonds is 2. The molecule has 0 unspecified atom stereocenters. The topological polar surface area (TPSA) is 59.2 Å². The Morgan fingerprint density at radius 1 is 1.24 bits per heavy atom. The van der Waals surface area contributed by atoms with E-state index in [1.165, 1.54) is 0 Å². The molecular weight excluding hydrogens is 266 g/mol. The van der Waals surface area contributed by atoms with Crippen molar-refractivity contribution in [2.45, 2.75) is 32.6 Å². The van der Waals surface area contributed by atoms with Crippen LogP contribution in [0, 0.1) is 13.8 Å². The molecule has 2 heterocycles. The van der Waals surface area contributed by atoms with Crippen LogP contribution in [0.2, 0.25) is 0 Å². The van der Waals surface area contributed by atoms with E-state index >= 15 is 0 Å². The van der Waals surface area contributed by atoms with Gasteiger partial charge in [0.15, 0.2) is 5.82 Å². The molecule has 0 N–H and O–H groups in total. The summed E-state index contributed by atoms with van der Waals surface area (Å²) in [6.07, 6.45) is 1.75. The first-order valence-electron chi connectivity index (χ1n) is 7.30. The van der Waals surface area contributed by atoms with Crippen LogP contribution in [0.5, 0.6) is 0 Å². The van der Waals surface area contributed by atoms with Gasteiger partial charge in [0.05, 0.1) is 0 Å². The molecule has 2 aromatic rings. The monoisotopic (exact) mass is 285 g/mol. The highest BCUT2D eigenvalue weighted by molar-refractivity contribution is 5.95. The van der Waals surface area contributed by atoms with Crippen molar-refractivity contribution < 1.29 is 9.32 Å². The van der Waals surface area contributed by atoms with Crippen molar-refractivity contribution >= 4 is 5.91 Å². The predicted octanol–water partition coefficient (Wildman–Crippen LogP) is 2.71. The number of amides is 1. The van der Waals surface area contributed by atoms with E-state index < -0.39 is 0 Å². The van der Waals surface area contributed by atoms with Crippen LogP contribution in [0.25, 0.3) is 0 Å². The number of nitrogens with zero attached hydrogens (tertiary/aromatic N) is 3. The van der Waals surface area contributed by atoms with Gasteiger partial charge in [-0.15, -0.1) is 0 Å². The minimum Gasteiger partial charge on any atom is -0.339 e. The third-order valence-corrected chi connectivity index (χ3v) is 4.05. The second kappa shape index (κ2) is 5.68. The highest BCUT2D eigenvalue weighted by atomic mass is 16.5. The minimum atomic E-state index is 0.119. The summed E-state index contributed by atoms with van der Waals surface area (Å²) < 4.78 is 5.24. The molecule has 1 aliphatic heterocycles. The maximum atomic E-state index is 12.5. The average Bonchev–Trinajstić information content (AvgIpc) is 2.94. The molecule has 0 bridgehead atoms. The molecular formula is C16H19N3O2. The summed E-state index contributed by atoms with van der Waals surface area (Å²) in [4.78, 5) is 18.8. The van der Waals surface area contributed by atoms with Crippen molar-refractivity contribution in [3.63, 3.8) is 0 Å². The Labute approximate surface area is 124 Å². The highest BCUT2D eigenvalue weighted by Crippen LogP contribution is 2.27. The largest absolute Gasteiger partial charge is 0.339 e. The maximum Gasteiger partial charge on any atom is 0.254 e. The van der Waals surface area contributed by atoms with E-state index in [0.29, 0.717) is 11.7 Å². The van der Waals surface area contributed by atoms with Gasteiger partial charge < -0.3 is 9.42 Å². The van der Waals surface area contributed by atoms with Gasteiger partial charge in [0.25, 0.3) is 5.91 Å².